The number of aliphatic hydroxyl groups excluding tert-OH is 1. The summed E-state index contributed by atoms with van der Waals surface area (Å²) in [5.41, 5.74) is 2.65. The molecule has 0 unspecified atom stereocenters. The molecule has 1 saturated heterocycles. The van der Waals surface area contributed by atoms with E-state index in [-0.39, 0.29) is 12.1 Å². The molecule has 0 saturated carbocycles. The van der Waals surface area contributed by atoms with Crippen LogP contribution in [-0.2, 0) is 4.74 Å². The summed E-state index contributed by atoms with van der Waals surface area (Å²) in [7, 11) is 0. The monoisotopic (exact) mass is 452 g/mol. The maximum Gasteiger partial charge on any atom is 0.410 e. The first kappa shape index (κ1) is 22.6. The second-order valence-corrected chi connectivity index (χ2v) is 9.74. The highest BCUT2D eigenvalue weighted by Gasteiger charge is 2.36. The Balaban J connectivity index is 1.75. The van der Waals surface area contributed by atoms with E-state index < -0.39 is 11.7 Å². The minimum absolute atomic E-state index is 0.359. The summed E-state index contributed by atoms with van der Waals surface area (Å²) in [4.78, 5) is 19.4. The van der Waals surface area contributed by atoms with E-state index in [1.807, 2.05) is 75.4 Å². The fourth-order valence-electron chi connectivity index (χ4n) is 4.26. The summed E-state index contributed by atoms with van der Waals surface area (Å²) < 4.78 is 5.64. The van der Waals surface area contributed by atoms with Crippen LogP contribution in [-0.4, -0.2) is 39.3 Å². The van der Waals surface area contributed by atoms with E-state index in [1.54, 1.807) is 4.90 Å². The molecule has 3 aromatic rings. The number of carbonyl (C=O) groups excluding carboxylic acids is 1. The number of pyridine rings is 1. The Kier molecular flexibility index (Phi) is 6.40. The van der Waals surface area contributed by atoms with Crippen LogP contribution in [0.3, 0.4) is 0 Å². The molecule has 168 valence electrons. The predicted molar refractivity (Wildman–Crippen MR) is 128 cm³/mol. The maximum absolute atomic E-state index is 12.9. The smallest absolute Gasteiger partial charge is 0.410 e. The standard InChI is InChI=1S/C26H29ClN2O3/c1-26(2,3)32-25(31)29-15-7-6-10-23(29)24(30)20-16-22(17-11-13-18(27)14-12-17)28-21-9-5-4-8-19(20)21/h4-5,8-9,11-14,16,23-24,30H,6-7,10,15H2,1-3H3/t23-,24-/m0/s1. The lowest BCUT2D eigenvalue weighted by molar-refractivity contribution is -0.0166. The highest BCUT2D eigenvalue weighted by atomic mass is 35.5. The average Bonchev–Trinajstić information content (AvgIpc) is 2.77. The Labute approximate surface area is 194 Å². The van der Waals surface area contributed by atoms with Gasteiger partial charge in [0.2, 0.25) is 0 Å². The van der Waals surface area contributed by atoms with Gasteiger partial charge in [-0.3, -0.25) is 0 Å². The lowest BCUT2D eigenvalue weighted by Crippen LogP contribution is -2.48. The molecule has 1 fully saturated rings. The number of amides is 1. The molecule has 6 heteroatoms. The van der Waals surface area contributed by atoms with Crippen LogP contribution in [0.4, 0.5) is 4.79 Å². The number of nitrogens with zero attached hydrogens (tertiary/aromatic N) is 2. The normalized spacial score (nSPS) is 17.9. The van der Waals surface area contributed by atoms with E-state index in [2.05, 4.69) is 0 Å². The fraction of sp³-hybridized carbons (Fsp3) is 0.385. The second kappa shape index (κ2) is 9.08. The van der Waals surface area contributed by atoms with Crippen LogP contribution >= 0.6 is 11.6 Å². The van der Waals surface area contributed by atoms with Gasteiger partial charge in [0, 0.05) is 22.5 Å². The van der Waals surface area contributed by atoms with Gasteiger partial charge in [-0.15, -0.1) is 0 Å². The molecule has 0 aliphatic carbocycles. The van der Waals surface area contributed by atoms with Crippen molar-refractivity contribution in [3.63, 3.8) is 0 Å². The van der Waals surface area contributed by atoms with Gasteiger partial charge in [0.1, 0.15) is 11.7 Å². The number of benzene rings is 2. The first-order chi connectivity index (χ1) is 15.2. The predicted octanol–water partition coefficient (Wildman–Crippen LogP) is 6.38. The van der Waals surface area contributed by atoms with Crippen LogP contribution in [0.1, 0.15) is 51.7 Å². The van der Waals surface area contributed by atoms with Crippen LogP contribution in [0.5, 0.6) is 0 Å². The summed E-state index contributed by atoms with van der Waals surface area (Å²) in [6, 6.07) is 16.8. The number of ether oxygens (including phenoxy) is 1. The molecule has 1 aromatic heterocycles. The first-order valence-corrected chi connectivity index (χ1v) is 11.4. The van der Waals surface area contributed by atoms with Crippen LogP contribution in [0, 0.1) is 0 Å². The molecule has 4 rings (SSSR count). The van der Waals surface area contributed by atoms with E-state index >= 15 is 0 Å². The number of carbonyl (C=O) groups is 1. The number of para-hydroxylation sites is 1. The number of piperidine rings is 1. The van der Waals surface area contributed by atoms with Gasteiger partial charge in [-0.1, -0.05) is 41.9 Å². The number of likely N-dealkylation sites (tertiary alicyclic amines) is 1. The lowest BCUT2D eigenvalue weighted by Gasteiger charge is -2.39. The third-order valence-corrected chi connectivity index (χ3v) is 6.00. The van der Waals surface area contributed by atoms with Gasteiger partial charge in [0.05, 0.1) is 17.3 Å². The molecule has 0 spiro atoms. The summed E-state index contributed by atoms with van der Waals surface area (Å²) >= 11 is 6.06. The highest BCUT2D eigenvalue weighted by Crippen LogP contribution is 2.35. The number of halogens is 1. The molecule has 1 N–H and O–H groups in total. The number of rotatable bonds is 3. The van der Waals surface area contributed by atoms with Gasteiger partial charge in [-0.2, -0.15) is 0 Å². The summed E-state index contributed by atoms with van der Waals surface area (Å²) in [5, 5.41) is 13.1. The maximum atomic E-state index is 12.9. The summed E-state index contributed by atoms with van der Waals surface area (Å²) in [5.74, 6) is 0. The zero-order chi connectivity index (χ0) is 22.9. The summed E-state index contributed by atoms with van der Waals surface area (Å²) in [6.07, 6.45) is 1.33. The number of aromatic nitrogens is 1. The molecule has 1 amide bonds. The molecule has 2 heterocycles. The number of hydrogen-bond acceptors (Lipinski definition) is 4. The molecule has 0 bridgehead atoms. The highest BCUT2D eigenvalue weighted by molar-refractivity contribution is 6.30. The van der Waals surface area contributed by atoms with Gasteiger partial charge in [-0.25, -0.2) is 9.78 Å². The van der Waals surface area contributed by atoms with E-state index in [1.165, 1.54) is 0 Å². The van der Waals surface area contributed by atoms with Gasteiger partial charge >= 0.3 is 6.09 Å². The van der Waals surface area contributed by atoms with Gasteiger partial charge in [0.25, 0.3) is 0 Å². The van der Waals surface area contributed by atoms with Gasteiger partial charge in [0.15, 0.2) is 0 Å². The molecule has 32 heavy (non-hydrogen) atoms. The van der Waals surface area contributed by atoms with Crippen molar-refractivity contribution in [1.82, 2.24) is 9.88 Å². The van der Waals surface area contributed by atoms with Crippen molar-refractivity contribution in [1.29, 1.82) is 0 Å². The third kappa shape index (κ3) is 4.89. The topological polar surface area (TPSA) is 62.7 Å². The molecular formula is C26H29ClN2O3. The molecule has 1 aliphatic rings. The van der Waals surface area contributed by atoms with Crippen molar-refractivity contribution in [3.05, 3.63) is 65.2 Å². The van der Waals surface area contributed by atoms with Crippen LogP contribution in [0.25, 0.3) is 22.2 Å². The van der Waals surface area contributed by atoms with Gasteiger partial charge in [-0.05, 0) is 69.9 Å². The molecule has 1 aliphatic heterocycles. The summed E-state index contributed by atoms with van der Waals surface area (Å²) in [6.45, 7) is 6.14. The van der Waals surface area contributed by atoms with Gasteiger partial charge < -0.3 is 14.7 Å². The number of hydrogen-bond donors (Lipinski definition) is 1. The Bertz CT molecular complexity index is 1110. The van der Waals surface area contributed by atoms with Crippen LogP contribution < -0.4 is 0 Å². The lowest BCUT2D eigenvalue weighted by atomic mass is 9.90. The third-order valence-electron chi connectivity index (χ3n) is 5.75. The fourth-order valence-corrected chi connectivity index (χ4v) is 4.38. The van der Waals surface area contributed by atoms with E-state index in [0.717, 1.165) is 40.6 Å². The quantitative estimate of drug-likeness (QED) is 0.501. The van der Waals surface area contributed by atoms with Crippen molar-refractivity contribution in [2.45, 2.75) is 57.8 Å². The Morgan fingerprint density at radius 2 is 1.88 bits per heavy atom. The van der Waals surface area contributed by atoms with E-state index in [9.17, 15) is 9.90 Å². The van der Waals surface area contributed by atoms with Crippen molar-refractivity contribution in [3.8, 4) is 11.3 Å². The van der Waals surface area contributed by atoms with Crippen molar-refractivity contribution in [2.24, 2.45) is 0 Å². The van der Waals surface area contributed by atoms with Crippen LogP contribution in [0.15, 0.2) is 54.6 Å². The number of fused-ring (bicyclic) bond motifs is 1. The SMILES string of the molecule is CC(C)(C)OC(=O)N1CCCC[C@H]1[C@@H](O)c1cc(-c2ccc(Cl)cc2)nc2ccccc12. The van der Waals surface area contributed by atoms with Crippen molar-refractivity contribution in [2.75, 3.05) is 6.54 Å². The largest absolute Gasteiger partial charge is 0.444 e. The average molecular weight is 453 g/mol. The number of aliphatic hydroxyl groups is 1. The minimum Gasteiger partial charge on any atom is -0.444 e. The van der Waals surface area contributed by atoms with E-state index in [0.29, 0.717) is 18.0 Å². The first-order valence-electron chi connectivity index (χ1n) is 11.1. The molecule has 2 atom stereocenters. The minimum atomic E-state index is -0.859. The molecule has 2 aromatic carbocycles. The van der Waals surface area contributed by atoms with Crippen molar-refractivity contribution < 1.29 is 14.6 Å². The molecule has 0 radical (unpaired) electrons. The zero-order valence-electron chi connectivity index (χ0n) is 18.7. The van der Waals surface area contributed by atoms with E-state index in [4.69, 9.17) is 21.3 Å². The molecule has 5 nitrogen and oxygen atoms in total. The Morgan fingerprint density at radius 3 is 2.59 bits per heavy atom. The molecular weight excluding hydrogens is 424 g/mol. The second-order valence-electron chi connectivity index (χ2n) is 9.30. The Morgan fingerprint density at radius 1 is 1.16 bits per heavy atom. The Hall–Kier alpha value is -2.63. The van der Waals surface area contributed by atoms with Crippen LogP contribution in [0.2, 0.25) is 5.02 Å². The zero-order valence-corrected chi connectivity index (χ0v) is 19.5. The van der Waals surface area contributed by atoms with Crippen molar-refractivity contribution >= 4 is 28.6 Å².